The molecule has 0 aliphatic heterocycles. The van der Waals surface area contributed by atoms with Crippen molar-refractivity contribution in [3.63, 3.8) is 0 Å². The van der Waals surface area contributed by atoms with Crippen molar-refractivity contribution in [2.24, 2.45) is 0 Å². The van der Waals surface area contributed by atoms with Crippen LogP contribution >= 0.6 is 0 Å². The second-order valence-electron chi connectivity index (χ2n) is 7.83. The quantitative estimate of drug-likeness (QED) is 0.442. The number of benzene rings is 2. The highest BCUT2D eigenvalue weighted by Crippen LogP contribution is 2.25. The lowest BCUT2D eigenvalue weighted by Crippen LogP contribution is -2.23. The molecule has 2 aromatic heterocycles. The van der Waals surface area contributed by atoms with Gasteiger partial charge in [0.25, 0.3) is 11.3 Å². The zero-order valence-corrected chi connectivity index (χ0v) is 18.8. The number of para-hydroxylation sites is 2. The molecule has 0 fully saturated rings. The predicted octanol–water partition coefficient (Wildman–Crippen LogP) is 4.26. The molecule has 2 amide bonds. The molecule has 0 spiro atoms. The van der Waals surface area contributed by atoms with Gasteiger partial charge in [0.2, 0.25) is 0 Å². The third-order valence-electron chi connectivity index (χ3n) is 5.11. The van der Waals surface area contributed by atoms with Gasteiger partial charge in [0.1, 0.15) is 18.7 Å². The first-order valence-corrected chi connectivity index (χ1v) is 10.8. The molecule has 2 heterocycles. The van der Waals surface area contributed by atoms with Crippen molar-refractivity contribution in [2.75, 3.05) is 10.6 Å². The molecular formula is C24H26N6O3. The summed E-state index contributed by atoms with van der Waals surface area (Å²) >= 11 is 0. The maximum atomic E-state index is 12.6. The molecule has 9 heteroatoms. The average Bonchev–Trinajstić information content (AvgIpc) is 3.24. The Balaban J connectivity index is 1.45. The molecular weight excluding hydrogens is 420 g/mol. The zero-order chi connectivity index (χ0) is 23.4. The summed E-state index contributed by atoms with van der Waals surface area (Å²) in [5, 5.41) is 5.61. The number of aryl methyl sites for hydroxylation is 1. The summed E-state index contributed by atoms with van der Waals surface area (Å²) in [6, 6.07) is 15.9. The molecule has 0 aliphatic rings. The smallest absolute Gasteiger partial charge is 0.323 e. The first kappa shape index (κ1) is 22.1. The number of carbonyl (C=O) groups is 1. The van der Waals surface area contributed by atoms with Crippen LogP contribution in [0.4, 0.5) is 16.2 Å². The molecule has 0 unspecified atom stereocenters. The SMILES string of the molecule is CCc1ccc(NC(=O)Nc2ccccc2OCc2cc(=O)n3c(ncn3C(C)C)n2)cc1. The lowest BCUT2D eigenvalue weighted by Gasteiger charge is -2.13. The van der Waals surface area contributed by atoms with Crippen LogP contribution in [-0.2, 0) is 13.0 Å². The number of urea groups is 1. The number of aromatic nitrogens is 4. The number of hydrogen-bond donors (Lipinski definition) is 2. The molecule has 4 aromatic rings. The zero-order valence-electron chi connectivity index (χ0n) is 18.8. The van der Waals surface area contributed by atoms with Gasteiger partial charge in [-0.05, 0) is 50.1 Å². The third kappa shape index (κ3) is 5.03. The van der Waals surface area contributed by atoms with Crippen LogP contribution < -0.4 is 20.9 Å². The fraction of sp³-hybridized carbons (Fsp3) is 0.250. The van der Waals surface area contributed by atoms with E-state index < -0.39 is 0 Å². The molecule has 170 valence electrons. The van der Waals surface area contributed by atoms with E-state index in [4.69, 9.17) is 4.74 Å². The van der Waals surface area contributed by atoms with Crippen LogP contribution in [0.15, 0.2) is 65.7 Å². The minimum absolute atomic E-state index is 0.0546. The molecule has 0 radical (unpaired) electrons. The molecule has 2 aromatic carbocycles. The second kappa shape index (κ2) is 9.56. The number of nitrogens with one attached hydrogen (secondary N) is 2. The minimum Gasteiger partial charge on any atom is -0.485 e. The van der Waals surface area contributed by atoms with Gasteiger partial charge in [-0.25, -0.2) is 9.78 Å². The number of hydrogen-bond acceptors (Lipinski definition) is 5. The van der Waals surface area contributed by atoms with Gasteiger partial charge in [-0.15, -0.1) is 0 Å². The molecule has 0 atom stereocenters. The van der Waals surface area contributed by atoms with Crippen molar-refractivity contribution in [1.29, 1.82) is 0 Å². The monoisotopic (exact) mass is 446 g/mol. The summed E-state index contributed by atoms with van der Waals surface area (Å²) in [7, 11) is 0. The molecule has 0 saturated heterocycles. The Hall–Kier alpha value is -4.14. The van der Waals surface area contributed by atoms with E-state index >= 15 is 0 Å². The normalized spacial score (nSPS) is 11.0. The molecule has 0 saturated carbocycles. The van der Waals surface area contributed by atoms with Gasteiger partial charge < -0.3 is 15.4 Å². The van der Waals surface area contributed by atoms with Gasteiger partial charge in [-0.2, -0.15) is 9.50 Å². The average molecular weight is 447 g/mol. The van der Waals surface area contributed by atoms with Crippen molar-refractivity contribution in [1.82, 2.24) is 19.2 Å². The Kier molecular flexibility index (Phi) is 6.39. The lowest BCUT2D eigenvalue weighted by molar-refractivity contribution is 0.261. The molecule has 0 aliphatic carbocycles. The highest BCUT2D eigenvalue weighted by molar-refractivity contribution is 6.00. The standard InChI is InChI=1S/C24H26N6O3/c1-4-17-9-11-18(12-10-17)27-24(32)28-20-7-5-6-8-21(20)33-14-19-13-22(31)30-23(26-19)25-15-29(30)16(2)3/h5-13,15-16H,4,14H2,1-3H3,(H2,27,28,32). The maximum absolute atomic E-state index is 12.6. The predicted molar refractivity (Wildman–Crippen MR) is 127 cm³/mol. The summed E-state index contributed by atoms with van der Waals surface area (Å²) in [4.78, 5) is 33.7. The van der Waals surface area contributed by atoms with Gasteiger partial charge in [-0.3, -0.25) is 9.48 Å². The van der Waals surface area contributed by atoms with Gasteiger partial charge in [0.05, 0.1) is 11.4 Å². The summed E-state index contributed by atoms with van der Waals surface area (Å²) in [6.45, 7) is 6.06. The first-order chi connectivity index (χ1) is 15.9. The number of anilines is 2. The van der Waals surface area contributed by atoms with Gasteiger partial charge in [0.15, 0.2) is 0 Å². The summed E-state index contributed by atoms with van der Waals surface area (Å²) < 4.78 is 9.03. The number of nitrogens with zero attached hydrogens (tertiary/aromatic N) is 4. The van der Waals surface area contributed by atoms with E-state index in [1.807, 2.05) is 38.1 Å². The molecule has 2 N–H and O–H groups in total. The molecule has 4 rings (SSSR count). The molecule has 0 bridgehead atoms. The lowest BCUT2D eigenvalue weighted by atomic mass is 10.1. The van der Waals surface area contributed by atoms with E-state index in [1.165, 1.54) is 16.1 Å². The minimum atomic E-state index is -0.382. The van der Waals surface area contributed by atoms with Crippen molar-refractivity contribution in [3.8, 4) is 5.75 Å². The highest BCUT2D eigenvalue weighted by atomic mass is 16.5. The third-order valence-corrected chi connectivity index (χ3v) is 5.11. The Morgan fingerprint density at radius 2 is 1.85 bits per heavy atom. The van der Waals surface area contributed by atoms with E-state index in [1.54, 1.807) is 35.3 Å². The van der Waals surface area contributed by atoms with Crippen LogP contribution in [0.5, 0.6) is 5.75 Å². The van der Waals surface area contributed by atoms with Crippen LogP contribution in [0.1, 0.15) is 38.1 Å². The largest absolute Gasteiger partial charge is 0.485 e. The topological polar surface area (TPSA) is 103 Å². The van der Waals surface area contributed by atoms with E-state index in [9.17, 15) is 9.59 Å². The van der Waals surface area contributed by atoms with Crippen LogP contribution in [0.25, 0.3) is 5.78 Å². The summed E-state index contributed by atoms with van der Waals surface area (Å²) in [6.07, 6.45) is 2.53. The van der Waals surface area contributed by atoms with Crippen LogP contribution in [0.3, 0.4) is 0 Å². The van der Waals surface area contributed by atoms with Crippen LogP contribution in [0, 0.1) is 0 Å². The van der Waals surface area contributed by atoms with Gasteiger partial charge in [0, 0.05) is 17.8 Å². The van der Waals surface area contributed by atoms with Crippen LogP contribution in [-0.4, -0.2) is 25.2 Å². The Morgan fingerprint density at radius 1 is 1.09 bits per heavy atom. The number of rotatable bonds is 7. The van der Waals surface area contributed by atoms with Crippen LogP contribution in [0.2, 0.25) is 0 Å². The number of amides is 2. The Bertz CT molecular complexity index is 1320. The maximum Gasteiger partial charge on any atom is 0.323 e. The number of fused-ring (bicyclic) bond motifs is 1. The van der Waals surface area contributed by atoms with Crippen molar-refractivity contribution in [2.45, 2.75) is 39.8 Å². The van der Waals surface area contributed by atoms with E-state index in [-0.39, 0.29) is 24.2 Å². The van der Waals surface area contributed by atoms with E-state index in [0.29, 0.717) is 28.6 Å². The summed E-state index contributed by atoms with van der Waals surface area (Å²) in [5.74, 6) is 0.776. The first-order valence-electron chi connectivity index (χ1n) is 10.8. The van der Waals surface area contributed by atoms with E-state index in [2.05, 4.69) is 27.5 Å². The van der Waals surface area contributed by atoms with E-state index in [0.717, 1.165) is 6.42 Å². The molecule has 9 nitrogen and oxygen atoms in total. The second-order valence-corrected chi connectivity index (χ2v) is 7.83. The number of carbonyl (C=O) groups excluding carboxylic acids is 1. The Morgan fingerprint density at radius 3 is 2.58 bits per heavy atom. The summed E-state index contributed by atoms with van der Waals surface area (Å²) in [5.41, 5.74) is 2.61. The highest BCUT2D eigenvalue weighted by Gasteiger charge is 2.12. The van der Waals surface area contributed by atoms with Crippen molar-refractivity contribution in [3.05, 3.63) is 82.5 Å². The fourth-order valence-corrected chi connectivity index (χ4v) is 3.37. The van der Waals surface area contributed by atoms with Crippen molar-refractivity contribution < 1.29 is 9.53 Å². The van der Waals surface area contributed by atoms with Gasteiger partial charge in [-0.1, -0.05) is 31.2 Å². The van der Waals surface area contributed by atoms with Gasteiger partial charge >= 0.3 is 6.03 Å². The molecule has 33 heavy (non-hydrogen) atoms. The van der Waals surface area contributed by atoms with Crippen molar-refractivity contribution >= 4 is 23.2 Å². The fourth-order valence-electron chi connectivity index (χ4n) is 3.37. The number of ether oxygens (including phenoxy) is 1. The Labute approximate surface area is 191 Å².